The molecule has 0 saturated carbocycles. The zero-order valence-electron chi connectivity index (χ0n) is 15.7. The Morgan fingerprint density at radius 1 is 1.00 bits per heavy atom. The van der Waals surface area contributed by atoms with Gasteiger partial charge in [-0.15, -0.1) is 0 Å². The topological polar surface area (TPSA) is 122 Å². The molecule has 150 valence electrons. The molecule has 0 aromatic heterocycles. The van der Waals surface area contributed by atoms with Gasteiger partial charge in [-0.05, 0) is 29.8 Å². The molecule has 0 heterocycles. The highest BCUT2D eigenvalue weighted by Crippen LogP contribution is 2.30. The van der Waals surface area contributed by atoms with Crippen molar-refractivity contribution in [1.82, 2.24) is 0 Å². The molecule has 0 aliphatic rings. The van der Waals surface area contributed by atoms with Crippen LogP contribution in [0.1, 0.15) is 29.8 Å². The van der Waals surface area contributed by atoms with Crippen LogP contribution in [0.5, 0.6) is 11.5 Å². The van der Waals surface area contributed by atoms with Gasteiger partial charge < -0.3 is 14.2 Å². The van der Waals surface area contributed by atoms with Crippen LogP contribution in [-0.2, 0) is 14.3 Å². The van der Waals surface area contributed by atoms with Gasteiger partial charge in [-0.1, -0.05) is 6.58 Å². The molecule has 0 amide bonds. The summed E-state index contributed by atoms with van der Waals surface area (Å²) < 4.78 is 15.2. The van der Waals surface area contributed by atoms with Crippen molar-refractivity contribution >= 4 is 29.2 Å². The molecular weight excluding hydrogens is 382 g/mol. The molecule has 0 saturated heterocycles. The van der Waals surface area contributed by atoms with Crippen LogP contribution in [0.4, 0.5) is 5.69 Å². The molecule has 9 heteroatoms. The molecule has 0 unspecified atom stereocenters. The van der Waals surface area contributed by atoms with Crippen molar-refractivity contribution < 1.29 is 33.5 Å². The summed E-state index contributed by atoms with van der Waals surface area (Å²) in [5, 5.41) is 10.7. The van der Waals surface area contributed by atoms with Crippen molar-refractivity contribution in [2.24, 2.45) is 0 Å². The molecule has 2 aromatic carbocycles. The zero-order chi connectivity index (χ0) is 21.6. The standard InChI is InChI=1S/C20H17NO8/c1-12(11-27-20(24)15-4-6-16(7-5-15)21(25)26)18-9-8-17(28-13(2)22)10-19(18)29-14(3)23/h4-10H,1,11H2,2-3H3. The van der Waals surface area contributed by atoms with Crippen LogP contribution >= 0.6 is 0 Å². The van der Waals surface area contributed by atoms with E-state index in [2.05, 4.69) is 6.58 Å². The molecule has 0 aliphatic carbocycles. The Morgan fingerprint density at radius 2 is 1.62 bits per heavy atom. The van der Waals surface area contributed by atoms with E-state index in [9.17, 15) is 24.5 Å². The summed E-state index contributed by atoms with van der Waals surface area (Å²) >= 11 is 0. The van der Waals surface area contributed by atoms with Crippen LogP contribution in [0.25, 0.3) is 5.57 Å². The number of rotatable bonds is 7. The van der Waals surface area contributed by atoms with Gasteiger partial charge in [0.15, 0.2) is 0 Å². The van der Waals surface area contributed by atoms with Crippen LogP contribution in [0.15, 0.2) is 49.0 Å². The minimum Gasteiger partial charge on any atom is -0.457 e. The van der Waals surface area contributed by atoms with Gasteiger partial charge in [0.2, 0.25) is 0 Å². The number of benzene rings is 2. The fourth-order valence-electron chi connectivity index (χ4n) is 2.30. The SMILES string of the molecule is C=C(COC(=O)c1ccc([N+](=O)[O-])cc1)c1ccc(OC(C)=O)cc1OC(C)=O. The molecule has 0 bridgehead atoms. The van der Waals surface area contributed by atoms with E-state index in [1.54, 1.807) is 0 Å². The van der Waals surface area contributed by atoms with Gasteiger partial charge in [0.1, 0.15) is 18.1 Å². The number of carbonyl (C=O) groups is 3. The average molecular weight is 399 g/mol. The van der Waals surface area contributed by atoms with Crippen molar-refractivity contribution in [2.45, 2.75) is 13.8 Å². The third-order valence-electron chi connectivity index (χ3n) is 3.54. The van der Waals surface area contributed by atoms with Crippen molar-refractivity contribution in [1.29, 1.82) is 0 Å². The number of nitrogens with zero attached hydrogens (tertiary/aromatic N) is 1. The Bertz CT molecular complexity index is 978. The van der Waals surface area contributed by atoms with Gasteiger partial charge in [0.05, 0.1) is 10.5 Å². The fourth-order valence-corrected chi connectivity index (χ4v) is 2.30. The van der Waals surface area contributed by atoms with E-state index >= 15 is 0 Å². The van der Waals surface area contributed by atoms with E-state index in [0.29, 0.717) is 11.1 Å². The number of carbonyl (C=O) groups excluding carboxylic acids is 3. The van der Waals surface area contributed by atoms with E-state index in [4.69, 9.17) is 14.2 Å². The number of ether oxygens (including phenoxy) is 3. The smallest absolute Gasteiger partial charge is 0.338 e. The third-order valence-corrected chi connectivity index (χ3v) is 3.54. The highest BCUT2D eigenvalue weighted by atomic mass is 16.6. The normalized spacial score (nSPS) is 10.0. The quantitative estimate of drug-likeness (QED) is 0.301. The number of non-ortho nitro benzene ring substituents is 1. The second kappa shape index (κ2) is 9.27. The monoisotopic (exact) mass is 399 g/mol. The van der Waals surface area contributed by atoms with E-state index in [0.717, 1.165) is 0 Å². The summed E-state index contributed by atoms with van der Waals surface area (Å²) in [7, 11) is 0. The zero-order valence-corrected chi connectivity index (χ0v) is 15.7. The van der Waals surface area contributed by atoms with Crippen molar-refractivity contribution in [2.75, 3.05) is 6.61 Å². The molecule has 0 radical (unpaired) electrons. The minimum atomic E-state index is -0.702. The maximum Gasteiger partial charge on any atom is 0.338 e. The van der Waals surface area contributed by atoms with E-state index in [1.165, 1.54) is 56.3 Å². The lowest BCUT2D eigenvalue weighted by atomic mass is 10.1. The third kappa shape index (κ3) is 5.99. The molecule has 2 aromatic rings. The van der Waals surface area contributed by atoms with E-state index in [1.807, 2.05) is 0 Å². The maximum atomic E-state index is 12.1. The van der Waals surface area contributed by atoms with Gasteiger partial charge >= 0.3 is 17.9 Å². The second-order valence-corrected chi connectivity index (χ2v) is 5.83. The molecular formula is C20H17NO8. The summed E-state index contributed by atoms with van der Waals surface area (Å²) in [5.41, 5.74) is 0.692. The molecule has 29 heavy (non-hydrogen) atoms. The summed E-state index contributed by atoms with van der Waals surface area (Å²) in [6.45, 7) is 6.04. The Labute approximate surface area is 165 Å². The number of hydrogen-bond acceptors (Lipinski definition) is 8. The van der Waals surface area contributed by atoms with Crippen LogP contribution in [0.2, 0.25) is 0 Å². The Hall–Kier alpha value is -4.01. The number of nitro benzene ring substituents is 1. The van der Waals surface area contributed by atoms with Gasteiger partial charge in [0.25, 0.3) is 5.69 Å². The summed E-state index contributed by atoms with van der Waals surface area (Å²) in [5.74, 6) is -1.57. The lowest BCUT2D eigenvalue weighted by Crippen LogP contribution is -2.10. The van der Waals surface area contributed by atoms with Crippen molar-refractivity contribution in [3.8, 4) is 11.5 Å². The molecule has 0 aliphatic heterocycles. The first-order chi connectivity index (χ1) is 13.7. The number of esters is 3. The lowest BCUT2D eigenvalue weighted by Gasteiger charge is -2.13. The van der Waals surface area contributed by atoms with Crippen LogP contribution < -0.4 is 9.47 Å². The molecule has 0 spiro atoms. The minimum absolute atomic E-state index is 0.0904. The Kier molecular flexibility index (Phi) is 6.80. The molecule has 0 fully saturated rings. The lowest BCUT2D eigenvalue weighted by molar-refractivity contribution is -0.384. The summed E-state index contributed by atoms with van der Waals surface area (Å²) in [6, 6.07) is 9.28. The molecule has 2 rings (SSSR count). The molecule has 0 atom stereocenters. The van der Waals surface area contributed by atoms with E-state index < -0.39 is 22.8 Å². The van der Waals surface area contributed by atoms with Crippen molar-refractivity contribution in [3.63, 3.8) is 0 Å². The van der Waals surface area contributed by atoms with Crippen LogP contribution in [0, 0.1) is 10.1 Å². The Morgan fingerprint density at radius 3 is 2.17 bits per heavy atom. The first-order valence-corrected chi connectivity index (χ1v) is 8.28. The van der Waals surface area contributed by atoms with Gasteiger partial charge in [0, 0.05) is 37.6 Å². The second-order valence-electron chi connectivity index (χ2n) is 5.83. The first kappa shape index (κ1) is 21.3. The highest BCUT2D eigenvalue weighted by Gasteiger charge is 2.15. The number of nitro groups is 1. The maximum absolute atomic E-state index is 12.1. The first-order valence-electron chi connectivity index (χ1n) is 8.28. The largest absolute Gasteiger partial charge is 0.457 e. The van der Waals surface area contributed by atoms with Gasteiger partial charge in [-0.3, -0.25) is 19.7 Å². The van der Waals surface area contributed by atoms with Crippen LogP contribution in [0.3, 0.4) is 0 Å². The Balaban J connectivity index is 2.12. The number of hydrogen-bond donors (Lipinski definition) is 0. The fraction of sp³-hybridized carbons (Fsp3) is 0.150. The molecule has 0 N–H and O–H groups in total. The van der Waals surface area contributed by atoms with E-state index in [-0.39, 0.29) is 29.4 Å². The van der Waals surface area contributed by atoms with Gasteiger partial charge in [-0.25, -0.2) is 4.79 Å². The predicted molar refractivity (Wildman–Crippen MR) is 101 cm³/mol. The molecule has 9 nitrogen and oxygen atoms in total. The van der Waals surface area contributed by atoms with Crippen molar-refractivity contribution in [3.05, 3.63) is 70.3 Å². The average Bonchev–Trinajstić information content (AvgIpc) is 2.65. The van der Waals surface area contributed by atoms with Crippen LogP contribution in [-0.4, -0.2) is 29.4 Å². The predicted octanol–water partition coefficient (Wildman–Crippen LogP) is 3.32. The highest BCUT2D eigenvalue weighted by molar-refractivity contribution is 5.90. The summed E-state index contributed by atoms with van der Waals surface area (Å²) in [4.78, 5) is 44.7. The summed E-state index contributed by atoms with van der Waals surface area (Å²) in [6.07, 6.45) is 0. The van der Waals surface area contributed by atoms with Gasteiger partial charge in [-0.2, -0.15) is 0 Å².